The molecular formula is C14H14N4O. The number of carbonyl (C=O) groups is 1. The third-order valence-corrected chi connectivity index (χ3v) is 3.30. The van der Waals surface area contributed by atoms with Gasteiger partial charge in [-0.1, -0.05) is 0 Å². The van der Waals surface area contributed by atoms with Crippen LogP contribution in [0.2, 0.25) is 0 Å². The van der Waals surface area contributed by atoms with Crippen molar-refractivity contribution < 1.29 is 4.79 Å². The number of anilines is 2. The van der Waals surface area contributed by atoms with Crippen LogP contribution in [0, 0.1) is 0 Å². The van der Waals surface area contributed by atoms with Crippen molar-refractivity contribution in [3.63, 3.8) is 0 Å². The number of aryl methyl sites for hydroxylation is 1. The number of amides is 1. The molecule has 1 aliphatic rings. The summed E-state index contributed by atoms with van der Waals surface area (Å²) in [6.07, 6.45) is 4.93. The maximum Gasteiger partial charge on any atom is 0.259 e. The normalized spacial score (nSPS) is 14.0. The van der Waals surface area contributed by atoms with E-state index in [9.17, 15) is 4.79 Å². The minimum Gasteiger partial charge on any atom is -0.399 e. The van der Waals surface area contributed by atoms with Crippen LogP contribution >= 0.6 is 0 Å². The third-order valence-electron chi connectivity index (χ3n) is 3.30. The van der Waals surface area contributed by atoms with Crippen molar-refractivity contribution >= 4 is 17.3 Å². The van der Waals surface area contributed by atoms with Crippen molar-refractivity contribution in [3.05, 3.63) is 47.8 Å². The summed E-state index contributed by atoms with van der Waals surface area (Å²) in [7, 11) is 0. The molecule has 1 aromatic carbocycles. The summed E-state index contributed by atoms with van der Waals surface area (Å²) >= 11 is 0. The van der Waals surface area contributed by atoms with Crippen LogP contribution in [0.1, 0.15) is 22.3 Å². The Morgan fingerprint density at radius 3 is 2.95 bits per heavy atom. The molecule has 0 radical (unpaired) electrons. The smallest absolute Gasteiger partial charge is 0.259 e. The Morgan fingerprint density at radius 1 is 1.26 bits per heavy atom. The van der Waals surface area contributed by atoms with Crippen LogP contribution in [-0.4, -0.2) is 22.6 Å². The van der Waals surface area contributed by atoms with E-state index >= 15 is 0 Å². The monoisotopic (exact) mass is 254 g/mol. The number of hydrogen-bond donors (Lipinski definition) is 1. The summed E-state index contributed by atoms with van der Waals surface area (Å²) in [6, 6.07) is 7.37. The van der Waals surface area contributed by atoms with E-state index in [1.54, 1.807) is 11.0 Å². The van der Waals surface area contributed by atoms with Crippen LogP contribution in [0.5, 0.6) is 0 Å². The van der Waals surface area contributed by atoms with E-state index in [0.717, 1.165) is 36.3 Å². The fourth-order valence-corrected chi connectivity index (χ4v) is 2.40. The first kappa shape index (κ1) is 11.6. The molecule has 2 aromatic rings. The lowest BCUT2D eigenvalue weighted by Gasteiger charge is -2.29. The number of carbonyl (C=O) groups excluding carboxylic acids is 1. The molecule has 0 aliphatic carbocycles. The van der Waals surface area contributed by atoms with Gasteiger partial charge in [-0.15, -0.1) is 0 Å². The maximum atomic E-state index is 12.5. The van der Waals surface area contributed by atoms with Gasteiger partial charge in [0.2, 0.25) is 0 Å². The van der Waals surface area contributed by atoms with Crippen molar-refractivity contribution in [2.45, 2.75) is 12.8 Å². The molecule has 0 spiro atoms. The van der Waals surface area contributed by atoms with Gasteiger partial charge in [0.15, 0.2) is 0 Å². The molecule has 1 aliphatic heterocycles. The van der Waals surface area contributed by atoms with Crippen molar-refractivity contribution in [2.75, 3.05) is 17.2 Å². The third kappa shape index (κ3) is 2.14. The number of nitrogen functional groups attached to an aromatic ring is 1. The summed E-state index contributed by atoms with van der Waals surface area (Å²) in [6.45, 7) is 0.720. The van der Waals surface area contributed by atoms with E-state index in [2.05, 4.69) is 10.2 Å². The second-order valence-corrected chi connectivity index (χ2v) is 4.58. The second kappa shape index (κ2) is 4.68. The predicted molar refractivity (Wildman–Crippen MR) is 72.9 cm³/mol. The molecule has 5 heteroatoms. The highest BCUT2D eigenvalue weighted by molar-refractivity contribution is 6.06. The molecule has 0 fully saturated rings. The standard InChI is InChI=1S/C14H14N4O/c15-12-3-4-13-10(8-12)2-1-7-18(13)14(19)11-5-6-16-17-9-11/h3-6,8-9H,1-2,7,15H2. The fourth-order valence-electron chi connectivity index (χ4n) is 2.40. The Morgan fingerprint density at radius 2 is 2.16 bits per heavy atom. The number of nitrogens with zero attached hydrogens (tertiary/aromatic N) is 3. The van der Waals surface area contributed by atoms with Crippen LogP contribution in [0.3, 0.4) is 0 Å². The highest BCUT2D eigenvalue weighted by Crippen LogP contribution is 2.29. The predicted octanol–water partition coefficient (Wildman–Crippen LogP) is 1.65. The molecule has 3 rings (SSSR count). The molecule has 0 bridgehead atoms. The van der Waals surface area contributed by atoms with Crippen LogP contribution in [0.4, 0.5) is 11.4 Å². The van der Waals surface area contributed by atoms with E-state index < -0.39 is 0 Å². The number of aromatic nitrogens is 2. The van der Waals surface area contributed by atoms with Gasteiger partial charge < -0.3 is 10.6 Å². The number of fused-ring (bicyclic) bond motifs is 1. The lowest BCUT2D eigenvalue weighted by molar-refractivity contribution is 0.0984. The van der Waals surface area contributed by atoms with Gasteiger partial charge in [0.1, 0.15) is 0 Å². The highest BCUT2D eigenvalue weighted by atomic mass is 16.2. The zero-order valence-electron chi connectivity index (χ0n) is 10.4. The van der Waals surface area contributed by atoms with Crippen LogP contribution in [0.25, 0.3) is 0 Å². The van der Waals surface area contributed by atoms with Gasteiger partial charge >= 0.3 is 0 Å². The van der Waals surface area contributed by atoms with Crippen molar-refractivity contribution in [1.82, 2.24) is 10.2 Å². The Kier molecular flexibility index (Phi) is 2.87. The first-order valence-corrected chi connectivity index (χ1v) is 6.22. The van der Waals surface area contributed by atoms with E-state index in [1.165, 1.54) is 12.4 Å². The summed E-state index contributed by atoms with van der Waals surface area (Å²) in [5, 5.41) is 7.44. The van der Waals surface area contributed by atoms with Gasteiger partial charge in [-0.25, -0.2) is 0 Å². The Balaban J connectivity index is 1.98. The van der Waals surface area contributed by atoms with Gasteiger partial charge in [-0.3, -0.25) is 4.79 Å². The lowest BCUT2D eigenvalue weighted by atomic mass is 10.0. The van der Waals surface area contributed by atoms with E-state index in [1.807, 2.05) is 18.2 Å². The second-order valence-electron chi connectivity index (χ2n) is 4.58. The molecule has 2 N–H and O–H groups in total. The largest absolute Gasteiger partial charge is 0.399 e. The van der Waals surface area contributed by atoms with E-state index in [-0.39, 0.29) is 5.91 Å². The van der Waals surface area contributed by atoms with Gasteiger partial charge in [0.25, 0.3) is 5.91 Å². The van der Waals surface area contributed by atoms with Crippen LogP contribution in [0.15, 0.2) is 36.7 Å². The molecule has 0 atom stereocenters. The van der Waals surface area contributed by atoms with Crippen molar-refractivity contribution in [2.24, 2.45) is 0 Å². The maximum absolute atomic E-state index is 12.5. The van der Waals surface area contributed by atoms with Gasteiger partial charge in [0, 0.05) is 17.9 Å². The molecule has 0 saturated heterocycles. The quantitative estimate of drug-likeness (QED) is 0.785. The van der Waals surface area contributed by atoms with E-state index in [0.29, 0.717) is 5.56 Å². The SMILES string of the molecule is Nc1ccc2c(c1)CCCN2C(=O)c1ccnnc1. The minimum atomic E-state index is -0.0411. The van der Waals surface area contributed by atoms with Crippen molar-refractivity contribution in [1.29, 1.82) is 0 Å². The van der Waals surface area contributed by atoms with Crippen LogP contribution < -0.4 is 10.6 Å². The molecule has 96 valence electrons. The van der Waals surface area contributed by atoms with Crippen molar-refractivity contribution in [3.8, 4) is 0 Å². The zero-order chi connectivity index (χ0) is 13.2. The Labute approximate surface area is 111 Å². The summed E-state index contributed by atoms with van der Waals surface area (Å²) in [4.78, 5) is 14.3. The molecule has 1 aromatic heterocycles. The average molecular weight is 254 g/mol. The molecular weight excluding hydrogens is 240 g/mol. The Hall–Kier alpha value is -2.43. The highest BCUT2D eigenvalue weighted by Gasteiger charge is 2.23. The number of nitrogens with two attached hydrogens (primary N) is 1. The first-order valence-electron chi connectivity index (χ1n) is 6.22. The average Bonchev–Trinajstić information content (AvgIpc) is 2.46. The number of rotatable bonds is 1. The molecule has 19 heavy (non-hydrogen) atoms. The van der Waals surface area contributed by atoms with Gasteiger partial charge in [-0.05, 0) is 42.7 Å². The first-order chi connectivity index (χ1) is 9.25. The molecule has 1 amide bonds. The molecule has 2 heterocycles. The Bertz CT molecular complexity index is 612. The lowest BCUT2D eigenvalue weighted by Crippen LogP contribution is -2.35. The van der Waals surface area contributed by atoms with Gasteiger partial charge in [-0.2, -0.15) is 10.2 Å². The minimum absolute atomic E-state index is 0.0411. The molecule has 0 unspecified atom stereocenters. The van der Waals surface area contributed by atoms with Crippen LogP contribution in [-0.2, 0) is 6.42 Å². The summed E-state index contributed by atoms with van der Waals surface area (Å²) in [5.74, 6) is -0.0411. The molecule has 0 saturated carbocycles. The topological polar surface area (TPSA) is 72.1 Å². The fraction of sp³-hybridized carbons (Fsp3) is 0.214. The van der Waals surface area contributed by atoms with E-state index in [4.69, 9.17) is 5.73 Å². The zero-order valence-corrected chi connectivity index (χ0v) is 10.4. The summed E-state index contributed by atoms with van der Waals surface area (Å²) in [5.41, 5.74) is 9.16. The van der Waals surface area contributed by atoms with Gasteiger partial charge in [0.05, 0.1) is 18.0 Å². The number of hydrogen-bond acceptors (Lipinski definition) is 4. The number of benzene rings is 1. The summed E-state index contributed by atoms with van der Waals surface area (Å²) < 4.78 is 0. The molecule has 5 nitrogen and oxygen atoms in total.